The molecule has 2 aromatic heterocycles. The minimum Gasteiger partial charge on any atom is -0.459 e. The van der Waals surface area contributed by atoms with Gasteiger partial charge in [0.05, 0.1) is 22.2 Å². The van der Waals surface area contributed by atoms with Crippen LogP contribution in [0.3, 0.4) is 0 Å². The molecule has 3 heterocycles. The zero-order chi connectivity index (χ0) is 18.8. The van der Waals surface area contributed by atoms with Crippen LogP contribution in [0.2, 0.25) is 0 Å². The second-order valence-electron chi connectivity index (χ2n) is 6.66. The van der Waals surface area contributed by atoms with E-state index >= 15 is 0 Å². The van der Waals surface area contributed by atoms with Crippen molar-refractivity contribution < 1.29 is 14.0 Å². The van der Waals surface area contributed by atoms with Crippen molar-refractivity contribution in [2.45, 2.75) is 25.8 Å². The van der Waals surface area contributed by atoms with E-state index in [0.717, 1.165) is 19.4 Å². The number of furan rings is 1. The maximum absolute atomic E-state index is 13.0. The molecular formula is C21H20N2O3S. The Morgan fingerprint density at radius 2 is 1.96 bits per heavy atom. The maximum Gasteiger partial charge on any atom is 0.291 e. The third kappa shape index (κ3) is 3.66. The van der Waals surface area contributed by atoms with Gasteiger partial charge in [0.2, 0.25) is 0 Å². The average molecular weight is 380 g/mol. The summed E-state index contributed by atoms with van der Waals surface area (Å²) in [6, 6.07) is 15.3. The van der Waals surface area contributed by atoms with Crippen LogP contribution in [0.25, 0.3) is 0 Å². The van der Waals surface area contributed by atoms with Crippen LogP contribution in [0.4, 0.5) is 5.00 Å². The number of amides is 2. The van der Waals surface area contributed by atoms with Gasteiger partial charge in [-0.15, -0.1) is 11.3 Å². The third-order valence-corrected chi connectivity index (χ3v) is 5.76. The predicted molar refractivity (Wildman–Crippen MR) is 105 cm³/mol. The van der Waals surface area contributed by atoms with Crippen molar-refractivity contribution >= 4 is 28.2 Å². The fourth-order valence-electron chi connectivity index (χ4n) is 3.39. The zero-order valence-electron chi connectivity index (χ0n) is 15.0. The van der Waals surface area contributed by atoms with Gasteiger partial charge in [-0.1, -0.05) is 29.8 Å². The molecule has 138 valence electrons. The highest BCUT2D eigenvalue weighted by Crippen LogP contribution is 2.35. The summed E-state index contributed by atoms with van der Waals surface area (Å²) in [6.07, 6.45) is 3.43. The molecule has 6 heteroatoms. The van der Waals surface area contributed by atoms with Crippen LogP contribution in [0, 0.1) is 6.92 Å². The van der Waals surface area contributed by atoms with Gasteiger partial charge in [0, 0.05) is 6.54 Å². The quantitative estimate of drug-likeness (QED) is 0.702. The summed E-state index contributed by atoms with van der Waals surface area (Å²) in [5.74, 6) is -0.0589. The number of hydrogen-bond acceptors (Lipinski definition) is 4. The molecule has 1 aromatic carbocycles. The van der Waals surface area contributed by atoms with E-state index in [9.17, 15) is 9.59 Å². The number of nitrogens with one attached hydrogen (secondary N) is 1. The molecule has 3 aromatic rings. The summed E-state index contributed by atoms with van der Waals surface area (Å²) in [7, 11) is 0. The Kier molecular flexibility index (Phi) is 4.81. The lowest BCUT2D eigenvalue weighted by molar-refractivity contribution is 0.0740. The van der Waals surface area contributed by atoms with Crippen LogP contribution in [0.1, 0.15) is 50.2 Å². The fourth-order valence-corrected chi connectivity index (χ4v) is 4.25. The summed E-state index contributed by atoms with van der Waals surface area (Å²) in [6.45, 7) is 2.81. The molecule has 0 bridgehead atoms. The smallest absolute Gasteiger partial charge is 0.291 e. The van der Waals surface area contributed by atoms with Gasteiger partial charge in [-0.3, -0.25) is 9.59 Å². The van der Waals surface area contributed by atoms with Gasteiger partial charge in [0.25, 0.3) is 11.8 Å². The number of likely N-dealkylation sites (tertiary alicyclic amines) is 1. The SMILES string of the molecule is Cc1ccc(C2CCCN2C(=O)c2ccc(NC(=O)c3ccco3)s2)cc1. The molecule has 1 N–H and O–H groups in total. The first kappa shape index (κ1) is 17.5. The summed E-state index contributed by atoms with van der Waals surface area (Å²) < 4.78 is 5.09. The Labute approximate surface area is 161 Å². The summed E-state index contributed by atoms with van der Waals surface area (Å²) in [5.41, 5.74) is 2.39. The van der Waals surface area contributed by atoms with Gasteiger partial charge >= 0.3 is 0 Å². The molecule has 1 saturated heterocycles. The standard InChI is InChI=1S/C21H20N2O3S/c1-14-6-8-15(9-7-14)16-4-2-12-23(16)21(25)18-10-11-19(27-18)22-20(24)17-5-3-13-26-17/h3,5-11,13,16H,2,4,12H2,1H3,(H,22,24). The van der Waals surface area contributed by atoms with Crippen LogP contribution in [-0.4, -0.2) is 23.3 Å². The average Bonchev–Trinajstić information content (AvgIpc) is 3.42. The van der Waals surface area contributed by atoms with Gasteiger partial charge in [-0.2, -0.15) is 0 Å². The number of carbonyl (C=O) groups excluding carboxylic acids is 2. The van der Waals surface area contributed by atoms with E-state index in [1.807, 2.05) is 4.90 Å². The van der Waals surface area contributed by atoms with Crippen LogP contribution in [0.5, 0.6) is 0 Å². The number of thiophene rings is 1. The van der Waals surface area contributed by atoms with Gasteiger partial charge in [0.1, 0.15) is 0 Å². The number of aryl methyl sites for hydroxylation is 1. The molecule has 1 fully saturated rings. The largest absolute Gasteiger partial charge is 0.459 e. The van der Waals surface area contributed by atoms with Crippen molar-refractivity contribution in [1.82, 2.24) is 4.90 Å². The number of benzene rings is 1. The van der Waals surface area contributed by atoms with Gasteiger partial charge in [0.15, 0.2) is 5.76 Å². The molecule has 1 aliphatic rings. The highest BCUT2D eigenvalue weighted by atomic mass is 32.1. The van der Waals surface area contributed by atoms with Crippen LogP contribution < -0.4 is 5.32 Å². The van der Waals surface area contributed by atoms with E-state index in [1.165, 1.54) is 28.7 Å². The van der Waals surface area contributed by atoms with Gasteiger partial charge in [-0.05, 0) is 49.6 Å². The van der Waals surface area contributed by atoms with E-state index in [1.54, 1.807) is 24.3 Å². The molecule has 27 heavy (non-hydrogen) atoms. The molecule has 1 aliphatic heterocycles. The fraction of sp³-hybridized carbons (Fsp3) is 0.238. The molecule has 1 unspecified atom stereocenters. The highest BCUT2D eigenvalue weighted by molar-refractivity contribution is 7.18. The van der Waals surface area contributed by atoms with Gasteiger partial charge in [-0.25, -0.2) is 0 Å². The number of rotatable bonds is 4. The van der Waals surface area contributed by atoms with Crippen molar-refractivity contribution in [3.8, 4) is 0 Å². The highest BCUT2D eigenvalue weighted by Gasteiger charge is 2.31. The zero-order valence-corrected chi connectivity index (χ0v) is 15.8. The molecule has 0 aliphatic carbocycles. The first-order valence-corrected chi connectivity index (χ1v) is 9.76. The minimum atomic E-state index is -0.320. The van der Waals surface area contributed by atoms with Crippen LogP contribution in [0.15, 0.2) is 59.2 Å². The van der Waals surface area contributed by atoms with E-state index < -0.39 is 0 Å². The monoisotopic (exact) mass is 380 g/mol. The topological polar surface area (TPSA) is 62.6 Å². The third-order valence-electron chi connectivity index (χ3n) is 4.77. The second kappa shape index (κ2) is 7.40. The summed E-state index contributed by atoms with van der Waals surface area (Å²) in [5, 5.41) is 3.40. The molecule has 4 rings (SSSR count). The first-order chi connectivity index (χ1) is 13.1. The molecule has 2 amide bonds. The van der Waals surface area contributed by atoms with E-state index in [-0.39, 0.29) is 23.6 Å². The lowest BCUT2D eigenvalue weighted by Crippen LogP contribution is -2.29. The van der Waals surface area contributed by atoms with Crippen molar-refractivity contribution in [3.05, 3.63) is 76.6 Å². The lowest BCUT2D eigenvalue weighted by Gasteiger charge is -2.24. The van der Waals surface area contributed by atoms with Gasteiger partial charge < -0.3 is 14.6 Å². The molecule has 5 nitrogen and oxygen atoms in total. The molecule has 1 atom stereocenters. The number of anilines is 1. The maximum atomic E-state index is 13.0. The van der Waals surface area contributed by atoms with E-state index in [4.69, 9.17) is 4.42 Å². The Hall–Kier alpha value is -2.86. The number of nitrogens with zero attached hydrogens (tertiary/aromatic N) is 1. The Morgan fingerprint density at radius 1 is 1.15 bits per heavy atom. The normalized spacial score (nSPS) is 16.5. The summed E-state index contributed by atoms with van der Waals surface area (Å²) in [4.78, 5) is 27.7. The molecular weight excluding hydrogens is 360 g/mol. The predicted octanol–water partition coefficient (Wildman–Crippen LogP) is 4.88. The second-order valence-corrected chi connectivity index (χ2v) is 7.75. The molecule has 0 radical (unpaired) electrons. The molecule has 0 saturated carbocycles. The Balaban J connectivity index is 1.48. The molecule has 0 spiro atoms. The first-order valence-electron chi connectivity index (χ1n) is 8.94. The van der Waals surface area contributed by atoms with Crippen molar-refractivity contribution in [2.75, 3.05) is 11.9 Å². The van der Waals surface area contributed by atoms with Crippen molar-refractivity contribution in [2.24, 2.45) is 0 Å². The Morgan fingerprint density at radius 3 is 2.70 bits per heavy atom. The van der Waals surface area contributed by atoms with Crippen molar-refractivity contribution in [3.63, 3.8) is 0 Å². The van der Waals surface area contributed by atoms with E-state index in [2.05, 4.69) is 36.5 Å². The number of carbonyl (C=O) groups is 2. The van der Waals surface area contributed by atoms with Crippen LogP contribution >= 0.6 is 11.3 Å². The summed E-state index contributed by atoms with van der Waals surface area (Å²) >= 11 is 1.29. The van der Waals surface area contributed by atoms with Crippen molar-refractivity contribution in [1.29, 1.82) is 0 Å². The van der Waals surface area contributed by atoms with E-state index in [0.29, 0.717) is 9.88 Å². The minimum absolute atomic E-state index is 0.0153. The number of hydrogen-bond donors (Lipinski definition) is 1. The lowest BCUT2D eigenvalue weighted by atomic mass is 10.0. The van der Waals surface area contributed by atoms with Crippen LogP contribution in [-0.2, 0) is 0 Å². The Bertz CT molecular complexity index is 944.